The third kappa shape index (κ3) is 4.31. The van der Waals surface area contributed by atoms with Gasteiger partial charge in [0.2, 0.25) is 0 Å². The van der Waals surface area contributed by atoms with Crippen LogP contribution in [0.25, 0.3) is 0 Å². The van der Waals surface area contributed by atoms with E-state index in [9.17, 15) is 4.79 Å². The van der Waals surface area contributed by atoms with E-state index in [2.05, 4.69) is 18.7 Å². The number of hydrogen-bond acceptors (Lipinski definition) is 3. The minimum Gasteiger partial charge on any atom is -0.494 e. The first kappa shape index (κ1) is 16.0. The second-order valence-electron chi connectivity index (χ2n) is 6.10. The summed E-state index contributed by atoms with van der Waals surface area (Å²) in [7, 11) is 0. The zero-order chi connectivity index (χ0) is 15.2. The van der Waals surface area contributed by atoms with Crippen molar-refractivity contribution < 1.29 is 9.53 Å². The molecule has 1 aromatic rings. The summed E-state index contributed by atoms with van der Waals surface area (Å²) < 4.78 is 5.56. The normalized spacial score (nSPS) is 16.2. The van der Waals surface area contributed by atoms with Crippen molar-refractivity contribution in [1.82, 2.24) is 4.90 Å². The summed E-state index contributed by atoms with van der Waals surface area (Å²) in [6, 6.07) is 5.88. The van der Waals surface area contributed by atoms with E-state index in [1.807, 2.05) is 25.1 Å². The number of nitrogens with zero attached hydrogens (tertiary/aromatic N) is 1. The topological polar surface area (TPSA) is 29.5 Å². The number of carbonyl (C=O) groups excluding carboxylic acids is 1. The van der Waals surface area contributed by atoms with Gasteiger partial charge >= 0.3 is 0 Å². The van der Waals surface area contributed by atoms with Crippen molar-refractivity contribution >= 4 is 5.78 Å². The van der Waals surface area contributed by atoms with Crippen LogP contribution in [0, 0.1) is 0 Å². The molecule has 0 N–H and O–H groups in total. The lowest BCUT2D eigenvalue weighted by atomic mass is 9.94. The van der Waals surface area contributed by atoms with E-state index in [0.717, 1.165) is 30.0 Å². The van der Waals surface area contributed by atoms with E-state index in [4.69, 9.17) is 4.74 Å². The minimum absolute atomic E-state index is 0.239. The molecule has 21 heavy (non-hydrogen) atoms. The van der Waals surface area contributed by atoms with E-state index in [0.29, 0.717) is 19.1 Å². The number of ketones is 1. The van der Waals surface area contributed by atoms with Crippen LogP contribution in [0.5, 0.6) is 5.75 Å². The van der Waals surface area contributed by atoms with Crippen LogP contribution in [0.3, 0.4) is 0 Å². The van der Waals surface area contributed by atoms with Crippen molar-refractivity contribution in [3.63, 3.8) is 0 Å². The fourth-order valence-corrected chi connectivity index (χ4v) is 2.93. The molecule has 0 amide bonds. The van der Waals surface area contributed by atoms with E-state index < -0.39 is 0 Å². The first-order valence-electron chi connectivity index (χ1n) is 8.14. The highest BCUT2D eigenvalue weighted by Crippen LogP contribution is 2.25. The second kappa shape index (κ2) is 7.60. The fourth-order valence-electron chi connectivity index (χ4n) is 2.93. The number of carbonyl (C=O) groups is 1. The van der Waals surface area contributed by atoms with Gasteiger partial charge in [-0.25, -0.2) is 0 Å². The van der Waals surface area contributed by atoms with E-state index in [1.54, 1.807) is 0 Å². The van der Waals surface area contributed by atoms with Crippen LogP contribution in [0.1, 0.15) is 61.9 Å². The Hall–Kier alpha value is -1.35. The highest BCUT2D eigenvalue weighted by Gasteiger charge is 2.19. The highest BCUT2D eigenvalue weighted by molar-refractivity contribution is 5.99. The highest BCUT2D eigenvalue weighted by atomic mass is 16.5. The first-order chi connectivity index (χ1) is 10.1. The van der Waals surface area contributed by atoms with Gasteiger partial charge in [-0.05, 0) is 62.5 Å². The molecule has 1 saturated heterocycles. The lowest BCUT2D eigenvalue weighted by Gasteiger charge is -2.26. The fraction of sp³-hybridized carbons (Fsp3) is 0.611. The Morgan fingerprint density at radius 1 is 1.24 bits per heavy atom. The summed E-state index contributed by atoms with van der Waals surface area (Å²) in [5.74, 6) is 1.42. The van der Waals surface area contributed by atoms with Gasteiger partial charge in [-0.15, -0.1) is 0 Å². The van der Waals surface area contributed by atoms with Crippen LogP contribution in [-0.2, 0) is 0 Å². The molecule has 1 aliphatic rings. The molecule has 0 atom stereocenters. The standard InChI is InChI=1S/C18H27NO2/c1-4-21-15-8-9-16(17(12-15)14(2)3)18(20)13-19-10-6-5-7-11-19/h8-9,12,14H,4-7,10-11,13H2,1-3H3. The van der Waals surface area contributed by atoms with Crippen molar-refractivity contribution in [2.75, 3.05) is 26.2 Å². The summed E-state index contributed by atoms with van der Waals surface area (Å²) in [6.07, 6.45) is 3.73. The maximum Gasteiger partial charge on any atom is 0.177 e. The summed E-state index contributed by atoms with van der Waals surface area (Å²) in [5.41, 5.74) is 1.96. The van der Waals surface area contributed by atoms with Gasteiger partial charge in [0.15, 0.2) is 5.78 Å². The lowest BCUT2D eigenvalue weighted by molar-refractivity contribution is 0.0914. The van der Waals surface area contributed by atoms with Crippen molar-refractivity contribution in [3.8, 4) is 5.75 Å². The molecule has 0 unspecified atom stereocenters. The monoisotopic (exact) mass is 289 g/mol. The minimum atomic E-state index is 0.239. The van der Waals surface area contributed by atoms with Crippen LogP contribution < -0.4 is 4.74 Å². The lowest BCUT2D eigenvalue weighted by Crippen LogP contribution is -2.34. The molecule has 3 nitrogen and oxygen atoms in total. The van der Waals surface area contributed by atoms with Gasteiger partial charge in [0.25, 0.3) is 0 Å². The van der Waals surface area contributed by atoms with Crippen molar-refractivity contribution in [1.29, 1.82) is 0 Å². The Morgan fingerprint density at radius 3 is 2.57 bits per heavy atom. The SMILES string of the molecule is CCOc1ccc(C(=O)CN2CCCCC2)c(C(C)C)c1. The summed E-state index contributed by atoms with van der Waals surface area (Å²) in [4.78, 5) is 14.9. The van der Waals surface area contributed by atoms with E-state index >= 15 is 0 Å². The van der Waals surface area contributed by atoms with Crippen molar-refractivity contribution in [3.05, 3.63) is 29.3 Å². The molecule has 116 valence electrons. The molecule has 1 aliphatic heterocycles. The molecule has 0 saturated carbocycles. The molecular weight excluding hydrogens is 262 g/mol. The van der Waals surface area contributed by atoms with Crippen LogP contribution in [0.4, 0.5) is 0 Å². The maximum absolute atomic E-state index is 12.6. The zero-order valence-corrected chi connectivity index (χ0v) is 13.5. The van der Waals surface area contributed by atoms with Crippen LogP contribution >= 0.6 is 0 Å². The molecular formula is C18H27NO2. The smallest absolute Gasteiger partial charge is 0.177 e. The van der Waals surface area contributed by atoms with Crippen LogP contribution in [-0.4, -0.2) is 36.9 Å². The van der Waals surface area contributed by atoms with Gasteiger partial charge in [-0.1, -0.05) is 20.3 Å². The van der Waals surface area contributed by atoms with Gasteiger partial charge in [-0.2, -0.15) is 0 Å². The number of likely N-dealkylation sites (tertiary alicyclic amines) is 1. The zero-order valence-electron chi connectivity index (χ0n) is 13.5. The maximum atomic E-state index is 12.6. The van der Waals surface area contributed by atoms with Gasteiger partial charge in [0.1, 0.15) is 5.75 Å². The average Bonchev–Trinajstić information content (AvgIpc) is 2.48. The Morgan fingerprint density at radius 2 is 1.95 bits per heavy atom. The molecule has 0 spiro atoms. The average molecular weight is 289 g/mol. The van der Waals surface area contributed by atoms with Crippen LogP contribution in [0.15, 0.2) is 18.2 Å². The number of Topliss-reactive ketones (excluding diaryl/α,β-unsaturated/α-hetero) is 1. The Balaban J connectivity index is 2.14. The molecule has 3 heteroatoms. The van der Waals surface area contributed by atoms with Crippen LogP contribution in [0.2, 0.25) is 0 Å². The molecule has 1 heterocycles. The molecule has 2 rings (SSSR count). The quantitative estimate of drug-likeness (QED) is 0.744. The Kier molecular flexibility index (Phi) is 5.80. The van der Waals surface area contributed by atoms with Gasteiger partial charge in [-0.3, -0.25) is 9.69 Å². The molecule has 0 aromatic heterocycles. The Bertz CT molecular complexity index is 476. The predicted octanol–water partition coefficient (Wildman–Crippen LogP) is 3.88. The molecule has 0 aliphatic carbocycles. The number of piperidine rings is 1. The van der Waals surface area contributed by atoms with E-state index in [1.165, 1.54) is 19.3 Å². The van der Waals surface area contributed by atoms with Gasteiger partial charge < -0.3 is 4.74 Å². The molecule has 0 bridgehead atoms. The summed E-state index contributed by atoms with van der Waals surface area (Å²) >= 11 is 0. The predicted molar refractivity (Wildman–Crippen MR) is 86.3 cm³/mol. The number of ether oxygens (including phenoxy) is 1. The van der Waals surface area contributed by atoms with Crippen molar-refractivity contribution in [2.24, 2.45) is 0 Å². The Labute approximate surface area is 128 Å². The number of hydrogen-bond donors (Lipinski definition) is 0. The summed E-state index contributed by atoms with van der Waals surface area (Å²) in [5, 5.41) is 0. The number of benzene rings is 1. The molecule has 0 radical (unpaired) electrons. The van der Waals surface area contributed by atoms with E-state index in [-0.39, 0.29) is 5.78 Å². The first-order valence-corrected chi connectivity index (χ1v) is 8.14. The number of rotatable bonds is 6. The third-order valence-electron chi connectivity index (χ3n) is 4.07. The summed E-state index contributed by atoms with van der Waals surface area (Å²) in [6.45, 7) is 9.54. The molecule has 1 fully saturated rings. The van der Waals surface area contributed by atoms with Gasteiger partial charge in [0.05, 0.1) is 13.2 Å². The third-order valence-corrected chi connectivity index (χ3v) is 4.07. The second-order valence-corrected chi connectivity index (χ2v) is 6.10. The van der Waals surface area contributed by atoms with Gasteiger partial charge in [0, 0.05) is 5.56 Å². The largest absolute Gasteiger partial charge is 0.494 e. The molecule has 1 aromatic carbocycles. The van der Waals surface area contributed by atoms with Crippen molar-refractivity contribution in [2.45, 2.75) is 46.0 Å².